The van der Waals surface area contributed by atoms with Gasteiger partial charge in [-0.25, -0.2) is 4.98 Å². The van der Waals surface area contributed by atoms with E-state index in [1.807, 2.05) is 58.2 Å². The van der Waals surface area contributed by atoms with Gasteiger partial charge in [0.25, 0.3) is 0 Å². The van der Waals surface area contributed by atoms with Gasteiger partial charge in [-0.1, -0.05) is 36.4 Å². The van der Waals surface area contributed by atoms with E-state index in [0.717, 1.165) is 17.9 Å². The predicted molar refractivity (Wildman–Crippen MR) is 92.3 cm³/mol. The van der Waals surface area contributed by atoms with Crippen molar-refractivity contribution in [2.45, 2.75) is 39.3 Å². The second-order valence-electron chi connectivity index (χ2n) is 6.59. The number of carbonyl (C=O) groups excluding carboxylic acids is 1. The Morgan fingerprint density at radius 1 is 1.13 bits per heavy atom. The van der Waals surface area contributed by atoms with Crippen molar-refractivity contribution < 1.29 is 9.53 Å². The first kappa shape index (κ1) is 17.0. The normalized spacial score (nSPS) is 11.1. The van der Waals surface area contributed by atoms with Crippen molar-refractivity contribution in [3.8, 4) is 0 Å². The van der Waals surface area contributed by atoms with Crippen LogP contribution in [-0.2, 0) is 22.5 Å². The minimum Gasteiger partial charge on any atom is -0.460 e. The van der Waals surface area contributed by atoms with Crippen molar-refractivity contribution >= 4 is 11.8 Å². The molecular weight excluding hydrogens is 288 g/mol. The Morgan fingerprint density at radius 2 is 1.83 bits per heavy atom. The third kappa shape index (κ3) is 5.40. The highest BCUT2D eigenvalue weighted by molar-refractivity contribution is 5.75. The summed E-state index contributed by atoms with van der Waals surface area (Å²) in [5.74, 6) is 0.571. The van der Waals surface area contributed by atoms with Crippen molar-refractivity contribution in [2.24, 2.45) is 0 Å². The lowest BCUT2D eigenvalue weighted by Gasteiger charge is -2.23. The van der Waals surface area contributed by atoms with Gasteiger partial charge in [0.15, 0.2) is 0 Å². The molecule has 0 radical (unpaired) electrons. The number of rotatable bonds is 5. The highest BCUT2D eigenvalue weighted by Gasteiger charge is 2.19. The Morgan fingerprint density at radius 3 is 2.48 bits per heavy atom. The maximum atomic E-state index is 12.1. The van der Waals surface area contributed by atoms with Crippen molar-refractivity contribution in [3.63, 3.8) is 0 Å². The number of esters is 1. The highest BCUT2D eigenvalue weighted by atomic mass is 16.6. The Bertz CT molecular complexity index is 648. The van der Waals surface area contributed by atoms with Gasteiger partial charge in [0.05, 0.1) is 6.42 Å². The molecule has 23 heavy (non-hydrogen) atoms. The third-order valence-electron chi connectivity index (χ3n) is 3.25. The Kier molecular flexibility index (Phi) is 5.37. The van der Waals surface area contributed by atoms with Gasteiger partial charge in [0.1, 0.15) is 11.4 Å². The molecule has 0 aliphatic heterocycles. The summed E-state index contributed by atoms with van der Waals surface area (Å²) >= 11 is 0. The van der Waals surface area contributed by atoms with E-state index >= 15 is 0 Å². The topological polar surface area (TPSA) is 42.4 Å². The molecule has 1 aromatic carbocycles. The SMILES string of the molecule is CN(Cc1ccccc1)c1ncccc1CC(=O)OC(C)(C)C. The number of nitrogens with zero attached hydrogens (tertiary/aromatic N) is 2. The largest absolute Gasteiger partial charge is 0.460 e. The van der Waals surface area contributed by atoms with E-state index in [9.17, 15) is 4.79 Å². The fraction of sp³-hybridized carbons (Fsp3) is 0.368. The molecule has 0 unspecified atom stereocenters. The molecule has 0 saturated heterocycles. The van der Waals surface area contributed by atoms with E-state index in [0.29, 0.717) is 0 Å². The van der Waals surface area contributed by atoms with E-state index < -0.39 is 5.60 Å². The number of hydrogen-bond acceptors (Lipinski definition) is 4. The van der Waals surface area contributed by atoms with Crippen LogP contribution in [0.15, 0.2) is 48.7 Å². The van der Waals surface area contributed by atoms with Crippen molar-refractivity contribution in [2.75, 3.05) is 11.9 Å². The van der Waals surface area contributed by atoms with Crippen LogP contribution in [0.3, 0.4) is 0 Å². The summed E-state index contributed by atoms with van der Waals surface area (Å²) < 4.78 is 5.41. The Hall–Kier alpha value is -2.36. The average molecular weight is 312 g/mol. The first-order valence-corrected chi connectivity index (χ1v) is 7.76. The molecule has 0 atom stereocenters. The summed E-state index contributed by atoms with van der Waals surface area (Å²) in [4.78, 5) is 18.6. The lowest BCUT2D eigenvalue weighted by atomic mass is 10.1. The second kappa shape index (κ2) is 7.27. The van der Waals surface area contributed by atoms with Crippen LogP contribution in [0.1, 0.15) is 31.9 Å². The standard InChI is InChI=1S/C19H24N2O2/c1-19(2,3)23-17(22)13-16-11-8-12-20-18(16)21(4)14-15-9-6-5-7-10-15/h5-12H,13-14H2,1-4H3. The minimum atomic E-state index is -0.477. The molecule has 0 saturated carbocycles. The van der Waals surface area contributed by atoms with E-state index in [1.54, 1.807) is 6.20 Å². The lowest BCUT2D eigenvalue weighted by molar-refractivity contribution is -0.153. The van der Waals surface area contributed by atoms with Crippen LogP contribution in [0.4, 0.5) is 5.82 Å². The molecule has 1 aromatic heterocycles. The molecule has 2 aromatic rings. The van der Waals surface area contributed by atoms with E-state index in [2.05, 4.69) is 22.0 Å². The van der Waals surface area contributed by atoms with Gasteiger partial charge in [0, 0.05) is 25.4 Å². The van der Waals surface area contributed by atoms with Crippen molar-refractivity contribution in [1.29, 1.82) is 0 Å². The van der Waals surface area contributed by atoms with Crippen LogP contribution in [0, 0.1) is 0 Å². The summed E-state index contributed by atoms with van der Waals surface area (Å²) in [5, 5.41) is 0. The number of anilines is 1. The number of hydrogen-bond donors (Lipinski definition) is 0. The summed E-state index contributed by atoms with van der Waals surface area (Å²) in [6.45, 7) is 6.35. The molecule has 0 spiro atoms. The van der Waals surface area contributed by atoms with Crippen LogP contribution in [-0.4, -0.2) is 23.6 Å². The van der Waals surface area contributed by atoms with Gasteiger partial charge < -0.3 is 9.64 Å². The van der Waals surface area contributed by atoms with Gasteiger partial charge >= 0.3 is 5.97 Å². The molecular formula is C19H24N2O2. The fourth-order valence-corrected chi connectivity index (χ4v) is 2.38. The Balaban J connectivity index is 2.12. The zero-order valence-corrected chi connectivity index (χ0v) is 14.2. The van der Waals surface area contributed by atoms with Crippen LogP contribution >= 0.6 is 0 Å². The molecule has 0 N–H and O–H groups in total. The zero-order chi connectivity index (χ0) is 16.9. The van der Waals surface area contributed by atoms with Crippen LogP contribution < -0.4 is 4.90 Å². The molecule has 4 heteroatoms. The number of carbonyl (C=O) groups is 1. The molecule has 4 nitrogen and oxygen atoms in total. The quantitative estimate of drug-likeness (QED) is 0.791. The van der Waals surface area contributed by atoms with Crippen molar-refractivity contribution in [3.05, 3.63) is 59.8 Å². The monoisotopic (exact) mass is 312 g/mol. The first-order valence-electron chi connectivity index (χ1n) is 7.76. The van der Waals surface area contributed by atoms with Crippen molar-refractivity contribution in [1.82, 2.24) is 4.98 Å². The molecule has 0 amide bonds. The van der Waals surface area contributed by atoms with E-state index in [4.69, 9.17) is 4.74 Å². The van der Waals surface area contributed by atoms with E-state index in [-0.39, 0.29) is 12.4 Å². The predicted octanol–water partition coefficient (Wildman–Crippen LogP) is 3.60. The minimum absolute atomic E-state index is 0.222. The average Bonchev–Trinajstić information content (AvgIpc) is 2.46. The van der Waals surface area contributed by atoms with E-state index in [1.165, 1.54) is 5.56 Å². The lowest BCUT2D eigenvalue weighted by Crippen LogP contribution is -2.26. The molecule has 0 aliphatic rings. The molecule has 0 fully saturated rings. The molecule has 1 heterocycles. The first-order chi connectivity index (χ1) is 10.8. The number of pyridine rings is 1. The van der Waals surface area contributed by atoms with Crippen LogP contribution in [0.25, 0.3) is 0 Å². The molecule has 0 aliphatic carbocycles. The smallest absolute Gasteiger partial charge is 0.310 e. The van der Waals surface area contributed by atoms with Gasteiger partial charge in [-0.3, -0.25) is 4.79 Å². The molecule has 122 valence electrons. The summed E-state index contributed by atoms with van der Waals surface area (Å²) in [6.07, 6.45) is 1.97. The highest BCUT2D eigenvalue weighted by Crippen LogP contribution is 2.20. The van der Waals surface area contributed by atoms with Crippen LogP contribution in [0.2, 0.25) is 0 Å². The number of benzene rings is 1. The zero-order valence-electron chi connectivity index (χ0n) is 14.2. The number of aromatic nitrogens is 1. The summed E-state index contributed by atoms with van der Waals surface area (Å²) in [6, 6.07) is 14.0. The van der Waals surface area contributed by atoms with Gasteiger partial charge in [-0.2, -0.15) is 0 Å². The Labute approximate surface area is 138 Å². The van der Waals surface area contributed by atoms with Crippen LogP contribution in [0.5, 0.6) is 0 Å². The summed E-state index contributed by atoms with van der Waals surface area (Å²) in [5.41, 5.74) is 1.60. The van der Waals surface area contributed by atoms with Gasteiger partial charge in [-0.15, -0.1) is 0 Å². The number of ether oxygens (including phenoxy) is 1. The summed E-state index contributed by atoms with van der Waals surface area (Å²) in [7, 11) is 1.98. The third-order valence-corrected chi connectivity index (χ3v) is 3.25. The van der Waals surface area contributed by atoms with Gasteiger partial charge in [-0.05, 0) is 32.4 Å². The maximum absolute atomic E-state index is 12.1. The fourth-order valence-electron chi connectivity index (χ4n) is 2.38. The molecule has 2 rings (SSSR count). The molecule has 0 bridgehead atoms. The second-order valence-corrected chi connectivity index (χ2v) is 6.59. The van der Waals surface area contributed by atoms with Gasteiger partial charge in [0.2, 0.25) is 0 Å². The maximum Gasteiger partial charge on any atom is 0.310 e.